The lowest BCUT2D eigenvalue weighted by Crippen LogP contribution is -2.34. The number of benzene rings is 1. The first-order valence-corrected chi connectivity index (χ1v) is 6.25. The first kappa shape index (κ1) is 13.5. The highest BCUT2D eigenvalue weighted by Crippen LogP contribution is 2.15. The predicted octanol–water partition coefficient (Wildman–Crippen LogP) is 1.36. The lowest BCUT2D eigenvalue weighted by atomic mass is 10.1. The molecule has 0 N–H and O–H groups in total. The van der Waals surface area contributed by atoms with Crippen LogP contribution in [0.25, 0.3) is 0 Å². The van der Waals surface area contributed by atoms with Crippen molar-refractivity contribution in [2.45, 2.75) is 13.0 Å². The molecule has 1 aliphatic rings. The van der Waals surface area contributed by atoms with E-state index in [-0.39, 0.29) is 11.5 Å². The molecule has 19 heavy (non-hydrogen) atoms. The highest BCUT2D eigenvalue weighted by Gasteiger charge is 2.20. The van der Waals surface area contributed by atoms with Crippen molar-refractivity contribution < 1.29 is 9.18 Å². The quantitative estimate of drug-likeness (QED) is 0.807. The van der Waals surface area contributed by atoms with Gasteiger partial charge >= 0.3 is 0 Å². The summed E-state index contributed by atoms with van der Waals surface area (Å²) < 4.78 is 14.0. The zero-order valence-electron chi connectivity index (χ0n) is 10.9. The number of halogens is 1. The van der Waals surface area contributed by atoms with E-state index in [0.717, 1.165) is 19.5 Å². The smallest absolute Gasteiger partial charge is 0.236 e. The zero-order chi connectivity index (χ0) is 13.8. The van der Waals surface area contributed by atoms with Crippen molar-refractivity contribution in [2.24, 2.45) is 0 Å². The number of nitriles is 1. The van der Waals surface area contributed by atoms with Crippen LogP contribution in [0.15, 0.2) is 18.2 Å². The Morgan fingerprint density at radius 1 is 1.42 bits per heavy atom. The van der Waals surface area contributed by atoms with E-state index in [1.54, 1.807) is 24.1 Å². The van der Waals surface area contributed by atoms with Gasteiger partial charge in [-0.3, -0.25) is 9.69 Å². The summed E-state index contributed by atoms with van der Waals surface area (Å²) in [6, 6.07) is 6.62. The van der Waals surface area contributed by atoms with Gasteiger partial charge in [0.15, 0.2) is 0 Å². The molecule has 0 spiro atoms. The Hall–Kier alpha value is -1.93. The van der Waals surface area contributed by atoms with E-state index in [0.29, 0.717) is 18.7 Å². The van der Waals surface area contributed by atoms with Crippen molar-refractivity contribution >= 4 is 5.91 Å². The third-order valence-corrected chi connectivity index (χ3v) is 3.35. The number of rotatable bonds is 2. The molecule has 0 radical (unpaired) electrons. The molecule has 1 aromatic carbocycles. The third kappa shape index (κ3) is 3.09. The highest BCUT2D eigenvalue weighted by molar-refractivity contribution is 5.78. The van der Waals surface area contributed by atoms with Gasteiger partial charge in [0.2, 0.25) is 5.91 Å². The Morgan fingerprint density at radius 3 is 2.95 bits per heavy atom. The van der Waals surface area contributed by atoms with Crippen molar-refractivity contribution in [1.82, 2.24) is 9.80 Å². The van der Waals surface area contributed by atoms with Crippen LogP contribution in [0.5, 0.6) is 0 Å². The van der Waals surface area contributed by atoms with E-state index in [4.69, 9.17) is 5.26 Å². The van der Waals surface area contributed by atoms with Crippen molar-refractivity contribution in [3.05, 3.63) is 35.1 Å². The van der Waals surface area contributed by atoms with Crippen LogP contribution in [0.3, 0.4) is 0 Å². The summed E-state index contributed by atoms with van der Waals surface area (Å²) in [5.41, 5.74) is 0.521. The van der Waals surface area contributed by atoms with E-state index in [1.165, 1.54) is 6.07 Å². The van der Waals surface area contributed by atoms with Gasteiger partial charge in [-0.15, -0.1) is 0 Å². The largest absolute Gasteiger partial charge is 0.345 e. The van der Waals surface area contributed by atoms with Gasteiger partial charge in [-0.1, -0.05) is 12.1 Å². The van der Waals surface area contributed by atoms with E-state index < -0.39 is 5.82 Å². The SMILES string of the molecule is CN1CCCN(Cc2cccc(C#N)c2F)CC1=O. The summed E-state index contributed by atoms with van der Waals surface area (Å²) in [7, 11) is 1.78. The fraction of sp³-hybridized carbons (Fsp3) is 0.429. The van der Waals surface area contributed by atoms with Gasteiger partial charge < -0.3 is 4.90 Å². The monoisotopic (exact) mass is 261 g/mol. The number of likely N-dealkylation sites (N-methyl/N-ethyl adjacent to an activating group) is 1. The van der Waals surface area contributed by atoms with Crippen LogP contribution in [0.2, 0.25) is 0 Å². The van der Waals surface area contributed by atoms with Gasteiger partial charge in [-0.2, -0.15) is 5.26 Å². The Morgan fingerprint density at radius 2 is 2.21 bits per heavy atom. The number of carbonyl (C=O) groups is 1. The first-order chi connectivity index (χ1) is 9.11. The standard InChI is InChI=1S/C14H16FN3O/c1-17-6-3-7-18(10-13(17)19)9-12-5-2-4-11(8-16)14(12)15/h2,4-5H,3,6-7,9-10H2,1H3. The van der Waals surface area contributed by atoms with Crippen LogP contribution in [-0.4, -0.2) is 42.4 Å². The summed E-state index contributed by atoms with van der Waals surface area (Å²) in [5, 5.41) is 8.81. The van der Waals surface area contributed by atoms with Crippen LogP contribution < -0.4 is 0 Å². The lowest BCUT2D eigenvalue weighted by molar-refractivity contribution is -0.130. The second-order valence-corrected chi connectivity index (χ2v) is 4.77. The fourth-order valence-corrected chi connectivity index (χ4v) is 2.21. The Balaban J connectivity index is 2.13. The minimum Gasteiger partial charge on any atom is -0.345 e. The lowest BCUT2D eigenvalue weighted by Gasteiger charge is -2.19. The van der Waals surface area contributed by atoms with Gasteiger partial charge in [-0.05, 0) is 12.5 Å². The van der Waals surface area contributed by atoms with E-state index in [9.17, 15) is 9.18 Å². The van der Waals surface area contributed by atoms with Gasteiger partial charge in [0, 0.05) is 32.2 Å². The number of amides is 1. The molecule has 1 amide bonds. The number of hydrogen-bond acceptors (Lipinski definition) is 3. The van der Waals surface area contributed by atoms with Crippen LogP contribution >= 0.6 is 0 Å². The molecule has 0 unspecified atom stereocenters. The molecule has 1 fully saturated rings. The molecule has 100 valence electrons. The van der Waals surface area contributed by atoms with Crippen molar-refractivity contribution in [1.29, 1.82) is 5.26 Å². The van der Waals surface area contributed by atoms with E-state index in [2.05, 4.69) is 0 Å². The summed E-state index contributed by atoms with van der Waals surface area (Å²) in [5.74, 6) is -0.426. The van der Waals surface area contributed by atoms with Gasteiger partial charge in [-0.25, -0.2) is 4.39 Å². The Bertz CT molecular complexity index is 524. The number of carbonyl (C=O) groups excluding carboxylic acids is 1. The minimum absolute atomic E-state index is 0.0503. The summed E-state index contributed by atoms with van der Waals surface area (Å²) >= 11 is 0. The average Bonchev–Trinajstić information content (AvgIpc) is 2.55. The van der Waals surface area contributed by atoms with Gasteiger partial charge in [0.05, 0.1) is 12.1 Å². The maximum Gasteiger partial charge on any atom is 0.236 e. The highest BCUT2D eigenvalue weighted by atomic mass is 19.1. The molecule has 0 aliphatic carbocycles. The molecule has 5 heteroatoms. The van der Waals surface area contributed by atoms with Crippen LogP contribution in [-0.2, 0) is 11.3 Å². The summed E-state index contributed by atoms with van der Waals surface area (Å²) in [4.78, 5) is 15.4. The topological polar surface area (TPSA) is 47.3 Å². The molecular weight excluding hydrogens is 245 g/mol. The average molecular weight is 261 g/mol. The molecule has 0 saturated carbocycles. The van der Waals surface area contributed by atoms with Gasteiger partial charge in [0.1, 0.15) is 11.9 Å². The number of hydrogen-bond donors (Lipinski definition) is 0. The minimum atomic E-state index is -0.477. The van der Waals surface area contributed by atoms with Crippen molar-refractivity contribution in [3.8, 4) is 6.07 Å². The van der Waals surface area contributed by atoms with Crippen LogP contribution in [0.4, 0.5) is 4.39 Å². The fourth-order valence-electron chi connectivity index (χ4n) is 2.21. The van der Waals surface area contributed by atoms with Crippen LogP contribution in [0, 0.1) is 17.1 Å². The molecule has 1 saturated heterocycles. The van der Waals surface area contributed by atoms with Gasteiger partial charge in [0.25, 0.3) is 0 Å². The molecule has 1 heterocycles. The molecule has 4 nitrogen and oxygen atoms in total. The molecule has 2 rings (SSSR count). The maximum atomic E-state index is 14.0. The second kappa shape index (κ2) is 5.81. The Kier molecular flexibility index (Phi) is 4.13. The molecule has 1 aromatic rings. The predicted molar refractivity (Wildman–Crippen MR) is 68.6 cm³/mol. The molecule has 0 bridgehead atoms. The van der Waals surface area contributed by atoms with E-state index >= 15 is 0 Å². The molecule has 0 aromatic heterocycles. The number of nitrogens with zero attached hydrogens (tertiary/aromatic N) is 3. The van der Waals surface area contributed by atoms with Crippen molar-refractivity contribution in [3.63, 3.8) is 0 Å². The van der Waals surface area contributed by atoms with Crippen LogP contribution in [0.1, 0.15) is 17.5 Å². The maximum absolute atomic E-state index is 14.0. The Labute approximate surface area is 112 Å². The van der Waals surface area contributed by atoms with E-state index in [1.807, 2.05) is 11.0 Å². The second-order valence-electron chi connectivity index (χ2n) is 4.77. The third-order valence-electron chi connectivity index (χ3n) is 3.35. The molecular formula is C14H16FN3O. The first-order valence-electron chi connectivity index (χ1n) is 6.25. The zero-order valence-corrected chi connectivity index (χ0v) is 10.9. The summed E-state index contributed by atoms with van der Waals surface area (Å²) in [6.45, 7) is 2.15. The normalized spacial score (nSPS) is 17.1. The summed E-state index contributed by atoms with van der Waals surface area (Å²) in [6.07, 6.45) is 0.877. The molecule has 0 atom stereocenters. The molecule has 1 aliphatic heterocycles. The van der Waals surface area contributed by atoms with Crippen molar-refractivity contribution in [2.75, 3.05) is 26.7 Å².